The molecule has 3 unspecified atom stereocenters. The normalized spacial score (nSPS) is 13.3. The summed E-state index contributed by atoms with van der Waals surface area (Å²) in [4.78, 5) is 54.3. The molecule has 0 spiro atoms. The van der Waals surface area contributed by atoms with E-state index in [0.29, 0.717) is 5.92 Å². The third-order valence-electron chi connectivity index (χ3n) is 4.73. The summed E-state index contributed by atoms with van der Waals surface area (Å²) in [5, 5.41) is 41.5. The molecule has 0 aliphatic carbocycles. The summed E-state index contributed by atoms with van der Waals surface area (Å²) in [5.74, 6) is -2.92. The average Bonchev–Trinajstić information content (AvgIpc) is 2.82. The van der Waals surface area contributed by atoms with Gasteiger partial charge in [-0.15, -0.1) is 0 Å². The van der Waals surface area contributed by atoms with E-state index in [9.17, 15) is 9.59 Å². The minimum absolute atomic E-state index is 0. The molecular formula is C23H28N2Na3O11PS. The van der Waals surface area contributed by atoms with Crippen molar-refractivity contribution in [2.75, 3.05) is 32.1 Å². The minimum Gasteiger partial charge on any atom is -0.807 e. The molecule has 3 rings (SSSR count). The number of hydrogen-bond donors (Lipinski definition) is 4. The Hall–Kier alpha value is 0.0300. The van der Waals surface area contributed by atoms with E-state index in [1.807, 2.05) is 11.8 Å². The Morgan fingerprint density at radius 1 is 0.878 bits per heavy atom. The second-order valence-electron chi connectivity index (χ2n) is 8.35. The smallest absolute Gasteiger partial charge is 0.807 e. The number of fused-ring (bicyclic) bond motifs is 2. The first-order chi connectivity index (χ1) is 17.6. The summed E-state index contributed by atoms with van der Waals surface area (Å²) < 4.78 is 9.14. The summed E-state index contributed by atoms with van der Waals surface area (Å²) in [5.41, 5.74) is 0.117. The minimum atomic E-state index is -5.43. The fourth-order valence-corrected chi connectivity index (χ4v) is 4.34. The van der Waals surface area contributed by atoms with Crippen molar-refractivity contribution in [1.82, 2.24) is 4.90 Å². The van der Waals surface area contributed by atoms with Gasteiger partial charge in [-0.3, -0.25) is 0 Å². The van der Waals surface area contributed by atoms with Gasteiger partial charge in [-0.25, -0.2) is 9.59 Å². The van der Waals surface area contributed by atoms with Gasteiger partial charge in [0.05, 0.1) is 17.1 Å². The SMILES string of the molecule is CC(CN(C)C)CN1c2ccccc2Sc2ccccc21.O=C(O)C(O)C(O)C(=O)O.O=C([O-])P(=O)([O-])[O-].[Na+].[Na+].[Na+]. The van der Waals surface area contributed by atoms with Crippen LogP contribution in [0.5, 0.6) is 0 Å². The van der Waals surface area contributed by atoms with E-state index in [1.54, 1.807) is 0 Å². The first-order valence-corrected chi connectivity index (χ1v) is 13.3. The molecule has 1 aliphatic heterocycles. The monoisotopic (exact) mass is 640 g/mol. The molecule has 0 saturated heterocycles. The number of carbonyl (C=O) groups excluding carboxylic acids is 1. The van der Waals surface area contributed by atoms with Crippen molar-refractivity contribution in [2.45, 2.75) is 28.9 Å². The zero-order chi connectivity index (χ0) is 29.2. The molecule has 13 nitrogen and oxygen atoms in total. The Balaban J connectivity index is -0.000000614. The van der Waals surface area contributed by atoms with Crippen molar-refractivity contribution in [3.63, 3.8) is 0 Å². The maximum absolute atomic E-state index is 9.77. The van der Waals surface area contributed by atoms with Crippen LogP contribution in [0.4, 0.5) is 16.2 Å². The van der Waals surface area contributed by atoms with Gasteiger partial charge in [-0.2, -0.15) is 0 Å². The molecule has 1 heterocycles. The summed E-state index contributed by atoms with van der Waals surface area (Å²) in [6, 6.07) is 17.4. The molecule has 1 aliphatic rings. The van der Waals surface area contributed by atoms with Crippen molar-refractivity contribution < 1.29 is 143 Å². The van der Waals surface area contributed by atoms with Gasteiger partial charge >= 0.3 is 101 Å². The van der Waals surface area contributed by atoms with Crippen LogP contribution in [0.2, 0.25) is 0 Å². The number of anilines is 2. The Labute approximate surface area is 308 Å². The maximum atomic E-state index is 9.77. The number of carboxylic acid groups (broad SMARTS) is 3. The average molecular weight is 640 g/mol. The van der Waals surface area contributed by atoms with E-state index in [4.69, 9.17) is 44.7 Å². The number of carbonyl (C=O) groups is 3. The third kappa shape index (κ3) is 16.1. The van der Waals surface area contributed by atoms with Gasteiger partial charge in [0, 0.05) is 22.9 Å². The molecule has 0 saturated carbocycles. The zero-order valence-corrected chi connectivity index (χ0v) is 31.4. The van der Waals surface area contributed by atoms with Crippen molar-refractivity contribution in [2.24, 2.45) is 5.92 Å². The molecular weight excluding hydrogens is 612 g/mol. The Bertz CT molecular complexity index is 1110. The van der Waals surface area contributed by atoms with Crippen LogP contribution < -0.4 is 108 Å². The summed E-state index contributed by atoms with van der Waals surface area (Å²) in [6.07, 6.45) is -4.53. The summed E-state index contributed by atoms with van der Waals surface area (Å²) in [6.45, 7) is 4.48. The molecule has 41 heavy (non-hydrogen) atoms. The fourth-order valence-electron chi connectivity index (χ4n) is 3.24. The van der Waals surface area contributed by atoms with Crippen LogP contribution in [0.1, 0.15) is 6.92 Å². The summed E-state index contributed by atoms with van der Waals surface area (Å²) in [7, 11) is -1.15. The van der Waals surface area contributed by atoms with Crippen molar-refractivity contribution in [3.05, 3.63) is 48.5 Å². The Kier molecular flexibility index (Phi) is 24.0. The van der Waals surface area contributed by atoms with Crippen LogP contribution in [0.15, 0.2) is 58.3 Å². The van der Waals surface area contributed by atoms with Gasteiger partial charge < -0.3 is 54.5 Å². The Morgan fingerprint density at radius 2 is 1.22 bits per heavy atom. The number of aliphatic hydroxyl groups is 2. The molecule has 4 N–H and O–H groups in total. The second kappa shape index (κ2) is 21.7. The molecule has 0 bridgehead atoms. The van der Waals surface area contributed by atoms with Crippen LogP contribution >= 0.6 is 19.4 Å². The number of aliphatic carboxylic acids is 2. The van der Waals surface area contributed by atoms with Gasteiger partial charge in [0.2, 0.25) is 0 Å². The van der Waals surface area contributed by atoms with Crippen molar-refractivity contribution in [3.8, 4) is 0 Å². The molecule has 0 aromatic heterocycles. The molecule has 3 atom stereocenters. The van der Waals surface area contributed by atoms with Crippen LogP contribution in [-0.2, 0) is 14.2 Å². The van der Waals surface area contributed by atoms with Crippen LogP contribution in [-0.4, -0.2) is 82.4 Å². The predicted octanol–water partition coefficient (Wildman–Crippen LogP) is -9.38. The van der Waals surface area contributed by atoms with Crippen molar-refractivity contribution >= 4 is 48.4 Å². The van der Waals surface area contributed by atoms with E-state index >= 15 is 0 Å². The molecule has 0 amide bonds. The maximum Gasteiger partial charge on any atom is 1.00 e. The molecule has 0 fully saturated rings. The van der Waals surface area contributed by atoms with Crippen LogP contribution in [0.25, 0.3) is 0 Å². The zero-order valence-electron chi connectivity index (χ0n) is 23.7. The first kappa shape index (κ1) is 45.5. The predicted molar refractivity (Wildman–Crippen MR) is 132 cm³/mol. The van der Waals surface area contributed by atoms with E-state index in [1.165, 1.54) is 21.2 Å². The molecule has 2 aromatic carbocycles. The fraction of sp³-hybridized carbons (Fsp3) is 0.348. The van der Waals surface area contributed by atoms with Crippen LogP contribution in [0, 0.1) is 5.92 Å². The number of nitrogens with zero attached hydrogens (tertiary/aromatic N) is 2. The molecule has 0 radical (unpaired) electrons. The van der Waals surface area contributed by atoms with Crippen molar-refractivity contribution in [1.29, 1.82) is 0 Å². The topological polar surface area (TPSA) is 225 Å². The van der Waals surface area contributed by atoms with E-state index < -0.39 is 37.5 Å². The number of hydrogen-bond acceptors (Lipinski definition) is 12. The molecule has 210 valence electrons. The number of aliphatic hydroxyl groups excluding tert-OH is 2. The van der Waals surface area contributed by atoms with Gasteiger partial charge in [-0.05, 0) is 51.9 Å². The number of para-hydroxylation sites is 2. The summed E-state index contributed by atoms with van der Waals surface area (Å²) >= 11 is 1.88. The van der Waals surface area contributed by atoms with Gasteiger partial charge in [0.1, 0.15) is 0 Å². The van der Waals surface area contributed by atoms with E-state index in [2.05, 4.69) is 79.3 Å². The molecule has 18 heteroatoms. The first-order valence-electron chi connectivity index (χ1n) is 10.9. The van der Waals surface area contributed by atoms with Gasteiger partial charge in [0.25, 0.3) is 0 Å². The van der Waals surface area contributed by atoms with Gasteiger partial charge in [0.15, 0.2) is 12.2 Å². The van der Waals surface area contributed by atoms with E-state index in [-0.39, 0.29) is 88.7 Å². The number of benzene rings is 2. The second-order valence-corrected chi connectivity index (χ2v) is 10.8. The number of carboxylic acids is 2. The standard InChI is InChI=1S/C18H22N2S.C4H6O6.CH3O5P.3Na/c1-14(12-19(2)3)13-20-15-8-4-6-10-17(15)21-18-11-7-5-9-16(18)20;5-1(3(7)8)2(6)4(9)10;2-1(3)7(4,5)6;;;/h4-11,14H,12-13H2,1-3H3;1-2,5-6H,(H,7,8)(H,9,10);(H,2,3)(H2,4,5,6);;;/q;;;3*+1/p-3. The Morgan fingerprint density at radius 3 is 1.51 bits per heavy atom. The van der Waals surface area contributed by atoms with Gasteiger partial charge in [-0.1, -0.05) is 43.0 Å². The quantitative estimate of drug-likeness (QED) is 0.155. The third-order valence-corrected chi connectivity index (χ3v) is 6.31. The largest absolute Gasteiger partial charge is 1.00 e. The molecule has 2 aromatic rings. The van der Waals surface area contributed by atoms with Crippen LogP contribution in [0.3, 0.4) is 0 Å². The van der Waals surface area contributed by atoms with E-state index in [0.717, 1.165) is 13.1 Å². The number of rotatable bonds is 8.